The van der Waals surface area contributed by atoms with Crippen LogP contribution in [0.25, 0.3) is 0 Å². The summed E-state index contributed by atoms with van der Waals surface area (Å²) in [5.74, 6) is -1.85. The van der Waals surface area contributed by atoms with Crippen molar-refractivity contribution in [3.05, 3.63) is 89.2 Å². The molecule has 9 heteroatoms. The van der Waals surface area contributed by atoms with Gasteiger partial charge in [-0.1, -0.05) is 25.1 Å². The van der Waals surface area contributed by atoms with E-state index in [1.165, 1.54) is 30.3 Å². The first-order valence-corrected chi connectivity index (χ1v) is 11.6. The molecule has 0 aromatic heterocycles. The molecule has 0 saturated carbocycles. The lowest BCUT2D eigenvalue weighted by atomic mass is 10.1. The number of hydrogen-bond donors (Lipinski definition) is 2. The Morgan fingerprint density at radius 2 is 1.58 bits per heavy atom. The molecule has 0 bridgehead atoms. The van der Waals surface area contributed by atoms with Crippen LogP contribution in [0.2, 0.25) is 0 Å². The van der Waals surface area contributed by atoms with Crippen molar-refractivity contribution < 1.29 is 27.1 Å². The fourth-order valence-electron chi connectivity index (χ4n) is 2.95. The Morgan fingerprint density at radius 3 is 2.21 bits per heavy atom. The van der Waals surface area contributed by atoms with Crippen molar-refractivity contribution in [1.29, 1.82) is 0 Å². The molecule has 0 saturated heterocycles. The lowest BCUT2D eigenvalue weighted by molar-refractivity contribution is -0.119. The van der Waals surface area contributed by atoms with E-state index in [4.69, 9.17) is 4.74 Å². The molecular weight excluding hydrogens is 447 g/mol. The molecule has 0 heterocycles. The molecule has 2 N–H and O–H groups in total. The summed E-state index contributed by atoms with van der Waals surface area (Å²) in [7, 11) is -4.04. The Labute approximate surface area is 191 Å². The minimum atomic E-state index is -4.04. The van der Waals surface area contributed by atoms with E-state index >= 15 is 0 Å². The first-order valence-electron chi connectivity index (χ1n) is 10.1. The molecule has 3 aromatic carbocycles. The Bertz CT molecular complexity index is 1260. The van der Waals surface area contributed by atoms with Crippen molar-refractivity contribution in [2.24, 2.45) is 0 Å². The van der Waals surface area contributed by atoms with Gasteiger partial charge in [-0.25, -0.2) is 17.6 Å². The quantitative estimate of drug-likeness (QED) is 0.478. The summed E-state index contributed by atoms with van der Waals surface area (Å²) in [4.78, 5) is 24.5. The molecule has 0 aliphatic rings. The molecule has 3 rings (SSSR count). The number of carbonyl (C=O) groups excluding carboxylic acids is 2. The van der Waals surface area contributed by atoms with Crippen molar-refractivity contribution in [2.75, 3.05) is 16.6 Å². The molecule has 0 aliphatic heterocycles. The number of carbonyl (C=O) groups is 2. The highest BCUT2D eigenvalue weighted by Crippen LogP contribution is 2.20. The van der Waals surface area contributed by atoms with Crippen molar-refractivity contribution in [3.63, 3.8) is 0 Å². The number of amides is 1. The van der Waals surface area contributed by atoms with Crippen LogP contribution in [-0.2, 0) is 26.0 Å². The minimum Gasteiger partial charge on any atom is -0.452 e. The van der Waals surface area contributed by atoms with Crippen LogP contribution in [0.15, 0.2) is 71.6 Å². The highest BCUT2D eigenvalue weighted by Gasteiger charge is 2.20. The van der Waals surface area contributed by atoms with Gasteiger partial charge in [0, 0.05) is 11.4 Å². The predicted octanol–water partition coefficient (Wildman–Crippen LogP) is 4.29. The lowest BCUT2D eigenvalue weighted by Gasteiger charge is -2.12. The summed E-state index contributed by atoms with van der Waals surface area (Å²) in [6.45, 7) is 3.11. The standard InChI is InChI=1S/C24H23FN2O5S/c1-3-17-5-9-19(10-6-17)26-23(28)15-32-24(29)22-14-21(13-4-16(22)2)33(30,31)27-20-11-7-18(25)8-12-20/h4-14,27H,3,15H2,1-2H3,(H,26,28). The average molecular weight is 471 g/mol. The molecule has 0 fully saturated rings. The number of nitrogens with one attached hydrogen (secondary N) is 2. The minimum absolute atomic E-state index is 0.0112. The molecule has 0 radical (unpaired) electrons. The van der Waals surface area contributed by atoms with Crippen LogP contribution in [0, 0.1) is 12.7 Å². The molecule has 0 unspecified atom stereocenters. The van der Waals surface area contributed by atoms with Gasteiger partial charge in [0.1, 0.15) is 5.82 Å². The van der Waals surface area contributed by atoms with Gasteiger partial charge in [-0.15, -0.1) is 0 Å². The van der Waals surface area contributed by atoms with E-state index in [0.717, 1.165) is 24.1 Å². The van der Waals surface area contributed by atoms with Crippen LogP contribution in [0.3, 0.4) is 0 Å². The zero-order chi connectivity index (χ0) is 24.0. The summed E-state index contributed by atoms with van der Waals surface area (Å²) in [6.07, 6.45) is 0.874. The summed E-state index contributed by atoms with van der Waals surface area (Å²) >= 11 is 0. The van der Waals surface area contributed by atoms with Gasteiger partial charge in [-0.2, -0.15) is 0 Å². The van der Waals surface area contributed by atoms with Gasteiger partial charge in [0.2, 0.25) is 0 Å². The Morgan fingerprint density at radius 1 is 0.939 bits per heavy atom. The number of halogens is 1. The van der Waals surface area contributed by atoms with Crippen molar-refractivity contribution in [3.8, 4) is 0 Å². The van der Waals surface area contributed by atoms with Crippen LogP contribution in [0.1, 0.15) is 28.4 Å². The number of ether oxygens (including phenoxy) is 1. The van der Waals surface area contributed by atoms with E-state index < -0.39 is 34.3 Å². The average Bonchev–Trinajstić information content (AvgIpc) is 2.79. The molecule has 0 spiro atoms. The second-order valence-electron chi connectivity index (χ2n) is 7.26. The third-order valence-corrected chi connectivity index (χ3v) is 6.19. The van der Waals surface area contributed by atoms with Crippen molar-refractivity contribution in [1.82, 2.24) is 0 Å². The van der Waals surface area contributed by atoms with E-state index in [-0.39, 0.29) is 16.1 Å². The van der Waals surface area contributed by atoms with Crippen molar-refractivity contribution >= 4 is 33.3 Å². The fraction of sp³-hybridized carbons (Fsp3) is 0.167. The maximum atomic E-state index is 13.1. The Kier molecular flexibility index (Phi) is 7.44. The molecule has 172 valence electrons. The van der Waals surface area contributed by atoms with Gasteiger partial charge >= 0.3 is 5.97 Å². The predicted molar refractivity (Wildman–Crippen MR) is 123 cm³/mol. The molecule has 1 amide bonds. The smallest absolute Gasteiger partial charge is 0.338 e. The second kappa shape index (κ2) is 10.3. The first-order chi connectivity index (χ1) is 15.7. The van der Waals surface area contributed by atoms with Gasteiger partial charge in [-0.3, -0.25) is 9.52 Å². The number of hydrogen-bond acceptors (Lipinski definition) is 5. The third-order valence-electron chi connectivity index (χ3n) is 4.82. The zero-order valence-corrected chi connectivity index (χ0v) is 18.9. The topological polar surface area (TPSA) is 102 Å². The summed E-state index contributed by atoms with van der Waals surface area (Å²) in [5, 5.41) is 2.63. The second-order valence-corrected chi connectivity index (χ2v) is 8.95. The van der Waals surface area contributed by atoms with Crippen LogP contribution in [0.4, 0.5) is 15.8 Å². The highest BCUT2D eigenvalue weighted by atomic mass is 32.2. The summed E-state index contributed by atoms with van der Waals surface area (Å²) in [5.41, 5.74) is 2.36. The number of benzene rings is 3. The molecule has 33 heavy (non-hydrogen) atoms. The Hall–Kier alpha value is -3.72. The molecule has 0 aliphatic carbocycles. The normalized spacial score (nSPS) is 11.0. The Balaban J connectivity index is 1.66. The van der Waals surface area contributed by atoms with Gasteiger partial charge in [0.15, 0.2) is 6.61 Å². The molecular formula is C24H23FN2O5S. The lowest BCUT2D eigenvalue weighted by Crippen LogP contribution is -2.21. The summed E-state index contributed by atoms with van der Waals surface area (Å²) in [6, 6.07) is 16.1. The maximum absolute atomic E-state index is 13.1. The van der Waals surface area contributed by atoms with E-state index in [2.05, 4.69) is 10.0 Å². The molecule has 3 aromatic rings. The van der Waals surface area contributed by atoms with Gasteiger partial charge in [-0.05, 0) is 73.0 Å². The number of esters is 1. The SMILES string of the molecule is CCc1ccc(NC(=O)COC(=O)c2cc(S(=O)(=O)Nc3ccc(F)cc3)ccc2C)cc1. The number of rotatable bonds is 8. The third kappa shape index (κ3) is 6.39. The molecule has 0 atom stereocenters. The highest BCUT2D eigenvalue weighted by molar-refractivity contribution is 7.92. The largest absolute Gasteiger partial charge is 0.452 e. The van der Waals surface area contributed by atoms with Crippen LogP contribution in [0.5, 0.6) is 0 Å². The van der Waals surface area contributed by atoms with Crippen molar-refractivity contribution in [2.45, 2.75) is 25.2 Å². The monoisotopic (exact) mass is 470 g/mol. The first kappa shape index (κ1) is 23.9. The zero-order valence-electron chi connectivity index (χ0n) is 18.1. The van der Waals surface area contributed by atoms with Gasteiger partial charge in [0.25, 0.3) is 15.9 Å². The van der Waals surface area contributed by atoms with Crippen LogP contribution >= 0.6 is 0 Å². The fourth-order valence-corrected chi connectivity index (χ4v) is 4.03. The van der Waals surface area contributed by atoms with Gasteiger partial charge < -0.3 is 10.1 Å². The maximum Gasteiger partial charge on any atom is 0.338 e. The number of aryl methyl sites for hydroxylation is 2. The van der Waals surface area contributed by atoms with Crippen LogP contribution in [-0.4, -0.2) is 26.9 Å². The molecule has 7 nitrogen and oxygen atoms in total. The summed E-state index contributed by atoms with van der Waals surface area (Å²) < 4.78 is 45.8. The van der Waals surface area contributed by atoms with E-state index in [1.807, 2.05) is 19.1 Å². The van der Waals surface area contributed by atoms with Crippen LogP contribution < -0.4 is 10.0 Å². The number of sulfonamides is 1. The van der Waals surface area contributed by atoms with E-state index in [9.17, 15) is 22.4 Å². The van der Waals surface area contributed by atoms with E-state index in [0.29, 0.717) is 11.3 Å². The number of anilines is 2. The van der Waals surface area contributed by atoms with Gasteiger partial charge in [0.05, 0.1) is 10.5 Å². The van der Waals surface area contributed by atoms with E-state index in [1.54, 1.807) is 19.1 Å².